The smallest absolute Gasteiger partial charge is 0.126 e. The normalized spacial score (nSPS) is 14.1. The molecule has 0 aliphatic rings. The third-order valence-corrected chi connectivity index (χ3v) is 4.39. The zero-order valence-electron chi connectivity index (χ0n) is 12.2. The van der Waals surface area contributed by atoms with Crippen molar-refractivity contribution >= 4 is 11.6 Å². The van der Waals surface area contributed by atoms with Crippen molar-refractivity contribution < 1.29 is 4.39 Å². The van der Waals surface area contributed by atoms with Gasteiger partial charge in [-0.3, -0.25) is 0 Å². The number of halogens is 2. The molecule has 2 unspecified atom stereocenters. The molecule has 0 bridgehead atoms. The number of benzene rings is 2. The van der Waals surface area contributed by atoms with Crippen LogP contribution in [0.25, 0.3) is 0 Å². The molecule has 2 heteroatoms. The second kappa shape index (κ2) is 6.41. The quantitative estimate of drug-likeness (QED) is 0.608. The SMILES string of the molecule is CCC(C)c1ccc(C(Cl)c2ccc(F)c(C)c2)cc1. The van der Waals surface area contributed by atoms with Crippen LogP contribution in [0.15, 0.2) is 42.5 Å². The molecular weight excluding hydrogens is 271 g/mol. The van der Waals surface area contributed by atoms with Gasteiger partial charge in [-0.15, -0.1) is 11.6 Å². The summed E-state index contributed by atoms with van der Waals surface area (Å²) in [6.45, 7) is 6.16. The van der Waals surface area contributed by atoms with Gasteiger partial charge in [-0.05, 0) is 47.6 Å². The van der Waals surface area contributed by atoms with Gasteiger partial charge in [0.15, 0.2) is 0 Å². The zero-order valence-corrected chi connectivity index (χ0v) is 12.9. The molecule has 0 saturated heterocycles. The standard InChI is InChI=1S/C18H20ClF/c1-4-12(2)14-5-7-15(8-6-14)18(19)16-9-10-17(20)13(3)11-16/h5-12,18H,4H2,1-3H3. The Morgan fingerprint density at radius 1 is 1.00 bits per heavy atom. The first-order valence-corrected chi connectivity index (χ1v) is 7.46. The van der Waals surface area contributed by atoms with Crippen molar-refractivity contribution in [2.24, 2.45) is 0 Å². The third-order valence-electron chi connectivity index (χ3n) is 3.89. The van der Waals surface area contributed by atoms with Crippen molar-refractivity contribution in [3.63, 3.8) is 0 Å². The molecule has 0 fully saturated rings. The lowest BCUT2D eigenvalue weighted by Crippen LogP contribution is -1.97. The van der Waals surface area contributed by atoms with Gasteiger partial charge in [-0.2, -0.15) is 0 Å². The van der Waals surface area contributed by atoms with Crippen molar-refractivity contribution in [2.75, 3.05) is 0 Å². The van der Waals surface area contributed by atoms with Gasteiger partial charge in [0.25, 0.3) is 0 Å². The molecule has 0 heterocycles. The molecule has 2 rings (SSSR count). The van der Waals surface area contributed by atoms with Crippen LogP contribution in [0.1, 0.15) is 53.8 Å². The summed E-state index contributed by atoms with van der Waals surface area (Å²) in [7, 11) is 0. The summed E-state index contributed by atoms with van der Waals surface area (Å²) in [5.41, 5.74) is 3.94. The molecule has 0 aliphatic carbocycles. The minimum absolute atomic E-state index is 0.190. The highest BCUT2D eigenvalue weighted by Crippen LogP contribution is 2.31. The lowest BCUT2D eigenvalue weighted by molar-refractivity contribution is 0.617. The summed E-state index contributed by atoms with van der Waals surface area (Å²) in [4.78, 5) is 0. The van der Waals surface area contributed by atoms with E-state index in [1.165, 1.54) is 11.6 Å². The molecule has 0 nitrogen and oxygen atoms in total. The summed E-state index contributed by atoms with van der Waals surface area (Å²) in [6.07, 6.45) is 1.13. The van der Waals surface area contributed by atoms with Crippen molar-refractivity contribution in [1.29, 1.82) is 0 Å². The first-order chi connectivity index (χ1) is 9.52. The third kappa shape index (κ3) is 3.21. The fraction of sp³-hybridized carbons (Fsp3) is 0.333. The first-order valence-electron chi connectivity index (χ1n) is 7.03. The summed E-state index contributed by atoms with van der Waals surface area (Å²) in [6, 6.07) is 13.5. The monoisotopic (exact) mass is 290 g/mol. The van der Waals surface area contributed by atoms with Gasteiger partial charge in [0.2, 0.25) is 0 Å². The molecule has 20 heavy (non-hydrogen) atoms. The van der Waals surface area contributed by atoms with Gasteiger partial charge in [0.1, 0.15) is 5.82 Å². The lowest BCUT2D eigenvalue weighted by Gasteiger charge is -2.14. The average Bonchev–Trinajstić information content (AvgIpc) is 2.48. The molecule has 0 amide bonds. The second-order valence-corrected chi connectivity index (χ2v) is 5.78. The second-order valence-electron chi connectivity index (χ2n) is 5.35. The molecule has 2 aromatic rings. The van der Waals surface area contributed by atoms with Crippen LogP contribution in [-0.2, 0) is 0 Å². The van der Waals surface area contributed by atoms with Gasteiger partial charge < -0.3 is 0 Å². The zero-order chi connectivity index (χ0) is 14.7. The molecule has 0 spiro atoms. The maximum absolute atomic E-state index is 13.3. The Kier molecular flexibility index (Phi) is 4.82. The molecular formula is C18H20ClF. The molecule has 0 radical (unpaired) electrons. The molecule has 0 N–H and O–H groups in total. The molecule has 106 valence electrons. The Morgan fingerprint density at radius 3 is 2.10 bits per heavy atom. The van der Waals surface area contributed by atoms with Crippen LogP contribution in [0.5, 0.6) is 0 Å². The van der Waals surface area contributed by atoms with Crippen LogP contribution >= 0.6 is 11.6 Å². The van der Waals surface area contributed by atoms with E-state index in [4.69, 9.17) is 11.6 Å². The van der Waals surface area contributed by atoms with Crippen LogP contribution < -0.4 is 0 Å². The van der Waals surface area contributed by atoms with Gasteiger partial charge in [0.05, 0.1) is 5.38 Å². The largest absolute Gasteiger partial charge is 0.207 e. The molecule has 0 saturated carbocycles. The number of hydrogen-bond donors (Lipinski definition) is 0. The summed E-state index contributed by atoms with van der Waals surface area (Å²) >= 11 is 6.50. The highest BCUT2D eigenvalue weighted by molar-refractivity contribution is 6.22. The lowest BCUT2D eigenvalue weighted by atomic mass is 9.95. The van der Waals surface area contributed by atoms with Crippen molar-refractivity contribution in [3.8, 4) is 0 Å². The number of rotatable bonds is 4. The van der Waals surface area contributed by atoms with Gasteiger partial charge in [0, 0.05) is 0 Å². The van der Waals surface area contributed by atoms with Crippen LogP contribution in [0.4, 0.5) is 4.39 Å². The van der Waals surface area contributed by atoms with E-state index < -0.39 is 0 Å². The molecule has 2 aromatic carbocycles. The van der Waals surface area contributed by atoms with E-state index in [1.54, 1.807) is 13.0 Å². The fourth-order valence-electron chi connectivity index (χ4n) is 2.25. The maximum Gasteiger partial charge on any atom is 0.126 e. The fourth-order valence-corrected chi connectivity index (χ4v) is 2.53. The van der Waals surface area contributed by atoms with E-state index in [0.717, 1.165) is 17.5 Å². The maximum atomic E-state index is 13.3. The Hall–Kier alpha value is -1.34. The minimum atomic E-state index is -0.236. The predicted octanol–water partition coefficient (Wildman–Crippen LogP) is 5.98. The first kappa shape index (κ1) is 15.1. The van der Waals surface area contributed by atoms with E-state index in [2.05, 4.69) is 38.1 Å². The molecule has 0 aromatic heterocycles. The summed E-state index contributed by atoms with van der Waals surface area (Å²) in [5.74, 6) is 0.371. The molecule has 2 atom stereocenters. The van der Waals surface area contributed by atoms with Crippen molar-refractivity contribution in [3.05, 3.63) is 70.5 Å². The van der Waals surface area contributed by atoms with E-state index in [9.17, 15) is 4.39 Å². The Morgan fingerprint density at radius 2 is 1.55 bits per heavy atom. The summed E-state index contributed by atoms with van der Waals surface area (Å²) in [5, 5.41) is -0.236. The number of hydrogen-bond acceptors (Lipinski definition) is 0. The highest BCUT2D eigenvalue weighted by atomic mass is 35.5. The van der Waals surface area contributed by atoms with E-state index in [1.807, 2.05) is 6.07 Å². The number of aryl methyl sites for hydroxylation is 1. The van der Waals surface area contributed by atoms with E-state index in [0.29, 0.717) is 11.5 Å². The number of alkyl halides is 1. The average molecular weight is 291 g/mol. The summed E-state index contributed by atoms with van der Waals surface area (Å²) < 4.78 is 13.3. The minimum Gasteiger partial charge on any atom is -0.207 e. The van der Waals surface area contributed by atoms with Crippen molar-refractivity contribution in [1.82, 2.24) is 0 Å². The highest BCUT2D eigenvalue weighted by Gasteiger charge is 2.12. The topological polar surface area (TPSA) is 0 Å². The van der Waals surface area contributed by atoms with Gasteiger partial charge in [-0.25, -0.2) is 4.39 Å². The Balaban J connectivity index is 2.24. The Bertz CT molecular complexity index is 574. The van der Waals surface area contributed by atoms with E-state index >= 15 is 0 Å². The van der Waals surface area contributed by atoms with Crippen LogP contribution in [0.2, 0.25) is 0 Å². The van der Waals surface area contributed by atoms with E-state index in [-0.39, 0.29) is 11.2 Å². The van der Waals surface area contributed by atoms with Crippen LogP contribution in [0.3, 0.4) is 0 Å². The van der Waals surface area contributed by atoms with Gasteiger partial charge >= 0.3 is 0 Å². The van der Waals surface area contributed by atoms with Crippen molar-refractivity contribution in [2.45, 2.75) is 38.5 Å². The van der Waals surface area contributed by atoms with Crippen LogP contribution in [-0.4, -0.2) is 0 Å². The van der Waals surface area contributed by atoms with Gasteiger partial charge in [-0.1, -0.05) is 50.2 Å². The molecule has 0 aliphatic heterocycles. The van der Waals surface area contributed by atoms with Crippen LogP contribution in [0, 0.1) is 12.7 Å². The predicted molar refractivity (Wildman–Crippen MR) is 84.0 cm³/mol. The Labute approximate surface area is 125 Å².